The lowest BCUT2D eigenvalue weighted by molar-refractivity contribution is 0.0940. The van der Waals surface area contributed by atoms with Crippen molar-refractivity contribution in [2.75, 3.05) is 13.6 Å². The number of hydrogen-bond acceptors (Lipinski definition) is 5. The minimum Gasteiger partial charge on any atom is -0.508 e. The monoisotopic (exact) mass is 355 g/mol. The second kappa shape index (κ2) is 6.39. The first-order chi connectivity index (χ1) is 9.45. The second-order valence-electron chi connectivity index (χ2n) is 4.56. The number of rotatable bonds is 5. The molecule has 1 aromatic carbocycles. The van der Waals surface area contributed by atoms with Gasteiger partial charge in [0.1, 0.15) is 11.5 Å². The van der Waals surface area contributed by atoms with Gasteiger partial charge in [-0.15, -0.1) is 11.3 Å². The molecule has 0 saturated carbocycles. The standard InChI is InChI=1S/C14H14BrNO3S/c1-16(6-9-4-14(15)20-8-9)7-13(19)11-3-2-10(17)5-12(11)18/h2-5,8,17-18H,6-7H2,1H3. The first-order valence-corrected chi connectivity index (χ1v) is 7.59. The quantitative estimate of drug-likeness (QED) is 0.808. The summed E-state index contributed by atoms with van der Waals surface area (Å²) in [7, 11) is 1.85. The van der Waals surface area contributed by atoms with Crippen LogP contribution < -0.4 is 0 Å². The summed E-state index contributed by atoms with van der Waals surface area (Å²) >= 11 is 5.01. The largest absolute Gasteiger partial charge is 0.508 e. The molecule has 0 spiro atoms. The molecular weight excluding hydrogens is 342 g/mol. The van der Waals surface area contributed by atoms with E-state index in [-0.39, 0.29) is 29.4 Å². The number of halogens is 1. The molecule has 0 aliphatic heterocycles. The van der Waals surface area contributed by atoms with E-state index < -0.39 is 0 Å². The average molecular weight is 356 g/mol. The van der Waals surface area contributed by atoms with Crippen LogP contribution in [0.4, 0.5) is 0 Å². The molecule has 2 rings (SSSR count). The molecule has 0 fully saturated rings. The number of ketones is 1. The number of carbonyl (C=O) groups is 1. The molecule has 4 nitrogen and oxygen atoms in total. The Morgan fingerprint density at radius 3 is 2.70 bits per heavy atom. The normalized spacial score (nSPS) is 10.9. The Bertz CT molecular complexity index is 627. The number of benzene rings is 1. The van der Waals surface area contributed by atoms with E-state index in [2.05, 4.69) is 15.9 Å². The van der Waals surface area contributed by atoms with Crippen molar-refractivity contribution >= 4 is 33.0 Å². The first kappa shape index (κ1) is 15.0. The summed E-state index contributed by atoms with van der Waals surface area (Å²) in [5.41, 5.74) is 1.35. The number of likely N-dealkylation sites (N-methyl/N-ethyl adjacent to an activating group) is 1. The summed E-state index contributed by atoms with van der Waals surface area (Å²) in [6.45, 7) is 0.860. The van der Waals surface area contributed by atoms with E-state index in [4.69, 9.17) is 0 Å². The fourth-order valence-electron chi connectivity index (χ4n) is 1.88. The fraction of sp³-hybridized carbons (Fsp3) is 0.214. The van der Waals surface area contributed by atoms with Crippen molar-refractivity contribution in [2.24, 2.45) is 0 Å². The first-order valence-electron chi connectivity index (χ1n) is 5.92. The van der Waals surface area contributed by atoms with Gasteiger partial charge in [-0.1, -0.05) is 0 Å². The van der Waals surface area contributed by atoms with Gasteiger partial charge in [0.25, 0.3) is 0 Å². The third-order valence-corrected chi connectivity index (χ3v) is 4.32. The van der Waals surface area contributed by atoms with Gasteiger partial charge >= 0.3 is 0 Å². The number of thiophene rings is 1. The Morgan fingerprint density at radius 1 is 1.35 bits per heavy atom. The molecule has 0 aliphatic carbocycles. The minimum absolute atomic E-state index is 0.0597. The smallest absolute Gasteiger partial charge is 0.180 e. The molecule has 0 bridgehead atoms. The number of nitrogens with zero attached hydrogens (tertiary/aromatic N) is 1. The van der Waals surface area contributed by atoms with Gasteiger partial charge in [-0.2, -0.15) is 0 Å². The summed E-state index contributed by atoms with van der Waals surface area (Å²) in [5, 5.41) is 20.9. The van der Waals surface area contributed by atoms with E-state index in [1.165, 1.54) is 18.2 Å². The Balaban J connectivity index is 2.00. The highest BCUT2D eigenvalue weighted by atomic mass is 79.9. The third-order valence-electron chi connectivity index (χ3n) is 2.77. The van der Waals surface area contributed by atoms with Gasteiger partial charge in [-0.3, -0.25) is 9.69 Å². The van der Waals surface area contributed by atoms with Crippen LogP contribution in [-0.4, -0.2) is 34.5 Å². The highest BCUT2D eigenvalue weighted by Gasteiger charge is 2.14. The maximum atomic E-state index is 12.1. The number of carbonyl (C=O) groups excluding carboxylic acids is 1. The Labute approximate surface area is 129 Å². The van der Waals surface area contributed by atoms with Gasteiger partial charge < -0.3 is 10.2 Å². The highest BCUT2D eigenvalue weighted by Crippen LogP contribution is 2.24. The van der Waals surface area contributed by atoms with Crippen LogP contribution in [0, 0.1) is 0 Å². The molecule has 0 atom stereocenters. The molecule has 0 saturated heterocycles. The summed E-state index contributed by atoms with van der Waals surface area (Å²) in [4.78, 5) is 14.0. The average Bonchev–Trinajstić information content (AvgIpc) is 2.74. The van der Waals surface area contributed by atoms with Gasteiger partial charge in [0.15, 0.2) is 5.78 Å². The molecular formula is C14H14BrNO3S. The van der Waals surface area contributed by atoms with E-state index in [9.17, 15) is 15.0 Å². The molecule has 0 amide bonds. The van der Waals surface area contributed by atoms with Crippen LogP contribution >= 0.6 is 27.3 Å². The van der Waals surface area contributed by atoms with E-state index in [1.807, 2.05) is 23.4 Å². The SMILES string of the molecule is CN(CC(=O)c1ccc(O)cc1O)Cc1csc(Br)c1. The van der Waals surface area contributed by atoms with Crippen LogP contribution in [0.1, 0.15) is 15.9 Å². The van der Waals surface area contributed by atoms with Gasteiger partial charge in [-0.05, 0) is 52.1 Å². The lowest BCUT2D eigenvalue weighted by atomic mass is 10.1. The van der Waals surface area contributed by atoms with E-state index in [0.717, 1.165) is 9.35 Å². The lowest BCUT2D eigenvalue weighted by Crippen LogP contribution is -2.25. The zero-order valence-electron chi connectivity index (χ0n) is 10.8. The van der Waals surface area contributed by atoms with Crippen LogP contribution in [0.25, 0.3) is 0 Å². The van der Waals surface area contributed by atoms with Crippen LogP contribution in [0.5, 0.6) is 11.5 Å². The van der Waals surface area contributed by atoms with E-state index >= 15 is 0 Å². The summed E-state index contributed by atoms with van der Waals surface area (Å²) in [6, 6.07) is 6.01. The molecule has 106 valence electrons. The Hall–Kier alpha value is -1.37. The van der Waals surface area contributed by atoms with E-state index in [1.54, 1.807) is 11.3 Å². The summed E-state index contributed by atoms with van der Waals surface area (Å²) < 4.78 is 1.06. The molecule has 0 unspecified atom stereocenters. The predicted octanol–water partition coefficient (Wildman–Crippen LogP) is 3.24. The minimum atomic E-state index is -0.193. The number of phenols is 2. The predicted molar refractivity (Wildman–Crippen MR) is 82.5 cm³/mol. The van der Waals surface area contributed by atoms with Crippen LogP contribution in [0.2, 0.25) is 0 Å². The van der Waals surface area contributed by atoms with Crippen molar-refractivity contribution in [1.29, 1.82) is 0 Å². The molecule has 0 radical (unpaired) electrons. The topological polar surface area (TPSA) is 60.8 Å². The van der Waals surface area contributed by atoms with Crippen molar-refractivity contribution in [3.05, 3.63) is 44.6 Å². The number of Topliss-reactive ketones (excluding diaryl/α,β-unsaturated/α-hetero) is 1. The molecule has 1 heterocycles. The summed E-state index contributed by atoms with van der Waals surface area (Å²) in [5.74, 6) is -0.434. The third kappa shape index (κ3) is 3.82. The van der Waals surface area contributed by atoms with Gasteiger partial charge in [0, 0.05) is 12.6 Å². The van der Waals surface area contributed by atoms with Gasteiger partial charge in [0.2, 0.25) is 0 Å². The maximum absolute atomic E-state index is 12.1. The van der Waals surface area contributed by atoms with Crippen molar-refractivity contribution in [1.82, 2.24) is 4.90 Å². The molecule has 0 aliphatic rings. The molecule has 2 N–H and O–H groups in total. The highest BCUT2D eigenvalue weighted by molar-refractivity contribution is 9.11. The molecule has 2 aromatic rings. The van der Waals surface area contributed by atoms with Crippen molar-refractivity contribution in [3.8, 4) is 11.5 Å². The van der Waals surface area contributed by atoms with Gasteiger partial charge in [-0.25, -0.2) is 0 Å². The zero-order valence-corrected chi connectivity index (χ0v) is 13.2. The number of aromatic hydroxyl groups is 2. The molecule has 1 aromatic heterocycles. The van der Waals surface area contributed by atoms with Crippen LogP contribution in [0.15, 0.2) is 33.4 Å². The van der Waals surface area contributed by atoms with E-state index in [0.29, 0.717) is 6.54 Å². The van der Waals surface area contributed by atoms with Crippen LogP contribution in [0.3, 0.4) is 0 Å². The molecule has 6 heteroatoms. The van der Waals surface area contributed by atoms with Crippen molar-refractivity contribution in [2.45, 2.75) is 6.54 Å². The Kier molecular flexibility index (Phi) is 4.80. The maximum Gasteiger partial charge on any atom is 0.180 e. The number of hydrogen-bond donors (Lipinski definition) is 2. The van der Waals surface area contributed by atoms with Crippen molar-refractivity contribution in [3.63, 3.8) is 0 Å². The summed E-state index contributed by atoms with van der Waals surface area (Å²) in [6.07, 6.45) is 0. The fourth-order valence-corrected chi connectivity index (χ4v) is 3.08. The lowest BCUT2D eigenvalue weighted by Gasteiger charge is -2.15. The second-order valence-corrected chi connectivity index (χ2v) is 6.85. The molecule has 20 heavy (non-hydrogen) atoms. The number of phenolic OH excluding ortho intramolecular Hbond substituents is 2. The van der Waals surface area contributed by atoms with Gasteiger partial charge in [0.05, 0.1) is 15.9 Å². The Morgan fingerprint density at radius 2 is 2.10 bits per heavy atom. The zero-order chi connectivity index (χ0) is 14.7. The van der Waals surface area contributed by atoms with Crippen molar-refractivity contribution < 1.29 is 15.0 Å². The van der Waals surface area contributed by atoms with Crippen LogP contribution in [-0.2, 0) is 6.54 Å².